The lowest BCUT2D eigenvalue weighted by molar-refractivity contribution is 0.102. The van der Waals surface area contributed by atoms with Crippen molar-refractivity contribution in [2.75, 3.05) is 19.0 Å². The number of carbonyl (C=O) groups is 1. The molecule has 0 radical (unpaired) electrons. The third-order valence-corrected chi connectivity index (χ3v) is 4.72. The first-order valence-corrected chi connectivity index (χ1v) is 8.58. The fraction of sp³-hybridized carbons (Fsp3) is 0.211. The molecule has 0 spiro atoms. The second-order valence-electron chi connectivity index (χ2n) is 6.56. The second-order valence-corrected chi connectivity index (χ2v) is 6.56. The van der Waals surface area contributed by atoms with Crippen LogP contribution in [0.15, 0.2) is 29.5 Å². The van der Waals surface area contributed by atoms with Crippen LogP contribution in [0.3, 0.4) is 0 Å². The minimum absolute atomic E-state index is 0.0549. The van der Waals surface area contributed by atoms with Crippen molar-refractivity contribution in [1.29, 1.82) is 0 Å². The SMILES string of the molecule is COc1c(F)cc2c(=O)c(C(=O)Nc3c(O)cncc3O)cn3c2c1OC[C@@H]3C. The number of benzene rings is 1. The molecule has 0 fully saturated rings. The van der Waals surface area contributed by atoms with Crippen LogP contribution in [0.5, 0.6) is 23.0 Å². The fourth-order valence-corrected chi connectivity index (χ4v) is 3.30. The quantitative estimate of drug-likeness (QED) is 0.615. The predicted molar refractivity (Wildman–Crippen MR) is 100 cm³/mol. The van der Waals surface area contributed by atoms with Crippen molar-refractivity contribution in [3.8, 4) is 23.0 Å². The number of pyridine rings is 2. The maximum Gasteiger partial charge on any atom is 0.261 e. The van der Waals surface area contributed by atoms with E-state index in [1.807, 2.05) is 6.92 Å². The van der Waals surface area contributed by atoms with Crippen molar-refractivity contribution in [2.45, 2.75) is 13.0 Å². The molecule has 0 saturated heterocycles. The van der Waals surface area contributed by atoms with Crippen LogP contribution in [0.4, 0.5) is 10.1 Å². The van der Waals surface area contributed by atoms with Gasteiger partial charge in [0.25, 0.3) is 5.91 Å². The highest BCUT2D eigenvalue weighted by molar-refractivity contribution is 6.07. The van der Waals surface area contributed by atoms with Crippen molar-refractivity contribution in [2.24, 2.45) is 0 Å². The number of hydrogen-bond donors (Lipinski definition) is 3. The van der Waals surface area contributed by atoms with E-state index >= 15 is 0 Å². The number of carbonyl (C=O) groups excluding carboxylic acids is 1. The number of ether oxygens (including phenoxy) is 2. The summed E-state index contributed by atoms with van der Waals surface area (Å²) in [7, 11) is 1.29. The number of halogens is 1. The standard InChI is InChI=1S/C19H16FN3O6/c1-8-7-29-18-15-9(3-11(20)17(18)28-2)16(26)10(6-23(8)15)19(27)22-14-12(24)4-21-5-13(14)25/h3-6,8,24-25H,7H2,1-2H3,(H,21,22,27)/t8-/m0/s1. The molecule has 0 bridgehead atoms. The van der Waals surface area contributed by atoms with Gasteiger partial charge in [-0.15, -0.1) is 0 Å². The summed E-state index contributed by atoms with van der Waals surface area (Å²) in [6, 6.07) is 0.742. The van der Waals surface area contributed by atoms with Crippen LogP contribution in [0.25, 0.3) is 10.9 Å². The van der Waals surface area contributed by atoms with E-state index in [0.717, 1.165) is 18.5 Å². The number of aromatic hydroxyl groups is 2. The van der Waals surface area contributed by atoms with Crippen LogP contribution in [0.2, 0.25) is 0 Å². The Bertz CT molecular complexity index is 1200. The van der Waals surface area contributed by atoms with Gasteiger partial charge in [-0.25, -0.2) is 4.39 Å². The van der Waals surface area contributed by atoms with Crippen molar-refractivity contribution in [1.82, 2.24) is 9.55 Å². The molecule has 1 aromatic carbocycles. The Morgan fingerprint density at radius 3 is 2.72 bits per heavy atom. The molecule has 0 aliphatic carbocycles. The van der Waals surface area contributed by atoms with Gasteiger partial charge in [-0.05, 0) is 13.0 Å². The Balaban J connectivity index is 1.92. The van der Waals surface area contributed by atoms with Gasteiger partial charge in [-0.2, -0.15) is 0 Å². The van der Waals surface area contributed by atoms with E-state index in [2.05, 4.69) is 10.3 Å². The maximum atomic E-state index is 14.5. The topological polar surface area (TPSA) is 123 Å². The zero-order valence-electron chi connectivity index (χ0n) is 15.4. The zero-order valence-corrected chi connectivity index (χ0v) is 15.4. The van der Waals surface area contributed by atoms with Crippen molar-refractivity contribution in [3.63, 3.8) is 0 Å². The number of aromatic nitrogens is 2. The molecular formula is C19H16FN3O6. The fourth-order valence-electron chi connectivity index (χ4n) is 3.30. The molecule has 0 saturated carbocycles. The number of hydrogen-bond acceptors (Lipinski definition) is 7. The molecular weight excluding hydrogens is 385 g/mol. The first-order chi connectivity index (χ1) is 13.8. The summed E-state index contributed by atoms with van der Waals surface area (Å²) in [5.74, 6) is -2.65. The molecule has 10 heteroatoms. The molecule has 3 aromatic rings. The molecule has 150 valence electrons. The average molecular weight is 401 g/mol. The van der Waals surface area contributed by atoms with E-state index in [9.17, 15) is 24.2 Å². The van der Waals surface area contributed by atoms with Crippen LogP contribution >= 0.6 is 0 Å². The normalized spacial score (nSPS) is 15.1. The van der Waals surface area contributed by atoms with Gasteiger partial charge in [-0.1, -0.05) is 0 Å². The number of nitrogens with zero attached hydrogens (tertiary/aromatic N) is 2. The van der Waals surface area contributed by atoms with E-state index in [4.69, 9.17) is 9.47 Å². The van der Waals surface area contributed by atoms with Gasteiger partial charge >= 0.3 is 0 Å². The summed E-state index contributed by atoms with van der Waals surface area (Å²) in [6.45, 7) is 1.99. The van der Waals surface area contributed by atoms with Gasteiger partial charge in [0.05, 0.1) is 36.4 Å². The van der Waals surface area contributed by atoms with Crippen molar-refractivity contribution < 1.29 is 28.9 Å². The lowest BCUT2D eigenvalue weighted by Crippen LogP contribution is -2.28. The summed E-state index contributed by atoms with van der Waals surface area (Å²) in [6.07, 6.45) is 3.39. The Morgan fingerprint density at radius 2 is 2.07 bits per heavy atom. The first kappa shape index (κ1) is 18.5. The molecule has 3 heterocycles. The highest BCUT2D eigenvalue weighted by Crippen LogP contribution is 2.41. The minimum Gasteiger partial charge on any atom is -0.504 e. The molecule has 4 rings (SSSR count). The zero-order chi connectivity index (χ0) is 20.9. The first-order valence-electron chi connectivity index (χ1n) is 8.58. The molecule has 29 heavy (non-hydrogen) atoms. The van der Waals surface area contributed by atoms with Gasteiger partial charge < -0.3 is 29.6 Å². The number of amides is 1. The average Bonchev–Trinajstić information content (AvgIpc) is 2.68. The van der Waals surface area contributed by atoms with E-state index in [0.29, 0.717) is 5.52 Å². The summed E-state index contributed by atoms with van der Waals surface area (Å²) < 4.78 is 26.8. The van der Waals surface area contributed by atoms with Crippen LogP contribution in [0.1, 0.15) is 23.3 Å². The van der Waals surface area contributed by atoms with Gasteiger partial charge in [0.2, 0.25) is 5.43 Å². The molecule has 1 atom stereocenters. The van der Waals surface area contributed by atoms with Gasteiger partial charge in [-0.3, -0.25) is 14.6 Å². The lowest BCUT2D eigenvalue weighted by atomic mass is 10.1. The molecule has 1 aliphatic rings. The largest absolute Gasteiger partial charge is 0.504 e. The van der Waals surface area contributed by atoms with Gasteiger partial charge in [0.15, 0.2) is 28.8 Å². The Hall–Kier alpha value is -3.82. The number of nitrogens with one attached hydrogen (secondary N) is 1. The van der Waals surface area contributed by atoms with E-state index < -0.39 is 28.7 Å². The Kier molecular flexibility index (Phi) is 4.26. The monoisotopic (exact) mass is 401 g/mol. The Labute approximate surface area is 162 Å². The molecule has 9 nitrogen and oxygen atoms in total. The third kappa shape index (κ3) is 2.80. The van der Waals surface area contributed by atoms with E-state index in [1.54, 1.807) is 4.57 Å². The molecule has 3 N–H and O–H groups in total. The smallest absolute Gasteiger partial charge is 0.261 e. The van der Waals surface area contributed by atoms with Crippen molar-refractivity contribution in [3.05, 3.63) is 46.3 Å². The van der Waals surface area contributed by atoms with Crippen molar-refractivity contribution >= 4 is 22.5 Å². The summed E-state index contributed by atoms with van der Waals surface area (Å²) in [5, 5.41) is 21.9. The molecule has 1 amide bonds. The van der Waals surface area contributed by atoms with E-state index in [-0.39, 0.29) is 40.8 Å². The molecule has 2 aromatic heterocycles. The van der Waals surface area contributed by atoms with Gasteiger partial charge in [0.1, 0.15) is 17.9 Å². The second kappa shape index (κ2) is 6.66. The molecule has 0 unspecified atom stereocenters. The predicted octanol–water partition coefficient (Wildman–Crippen LogP) is 2.16. The number of anilines is 1. The van der Waals surface area contributed by atoms with Crippen LogP contribution in [-0.4, -0.2) is 39.4 Å². The number of rotatable bonds is 3. The molecule has 1 aliphatic heterocycles. The summed E-state index contributed by atoms with van der Waals surface area (Å²) in [5.41, 5.74) is -1.00. The maximum absolute atomic E-state index is 14.5. The van der Waals surface area contributed by atoms with Crippen LogP contribution < -0.4 is 20.2 Å². The third-order valence-electron chi connectivity index (χ3n) is 4.72. The highest BCUT2D eigenvalue weighted by atomic mass is 19.1. The Morgan fingerprint density at radius 1 is 1.38 bits per heavy atom. The number of methoxy groups -OCH3 is 1. The lowest BCUT2D eigenvalue weighted by Gasteiger charge is -2.28. The van der Waals surface area contributed by atoms with E-state index in [1.165, 1.54) is 13.3 Å². The van der Waals surface area contributed by atoms with Gasteiger partial charge in [0, 0.05) is 6.20 Å². The summed E-state index contributed by atoms with van der Waals surface area (Å²) >= 11 is 0. The van der Waals surface area contributed by atoms with Crippen LogP contribution in [-0.2, 0) is 0 Å². The summed E-state index contributed by atoms with van der Waals surface area (Å²) in [4.78, 5) is 29.3. The van der Waals surface area contributed by atoms with Crippen LogP contribution in [0, 0.1) is 5.82 Å². The minimum atomic E-state index is -0.881. The highest BCUT2D eigenvalue weighted by Gasteiger charge is 2.29.